The first-order valence-electron chi connectivity index (χ1n) is 13.7. The molecule has 2 heterocycles. The average molecular weight is 559 g/mol. The molecule has 2 aromatic rings. The zero-order chi connectivity index (χ0) is 28.2. The minimum absolute atomic E-state index is 0.0158. The van der Waals surface area contributed by atoms with Crippen LogP contribution in [0, 0.1) is 6.92 Å². The number of anilines is 1. The van der Waals surface area contributed by atoms with Gasteiger partial charge in [0.2, 0.25) is 10.0 Å². The number of aryl methyl sites for hydroxylation is 1. The fraction of sp³-hybridized carbons (Fsp3) is 0.567. The van der Waals surface area contributed by atoms with E-state index in [1.54, 1.807) is 31.4 Å². The molecule has 4 rings (SSSR count). The molecule has 1 saturated heterocycles. The van der Waals surface area contributed by atoms with Crippen LogP contribution in [0.5, 0.6) is 5.75 Å². The summed E-state index contributed by atoms with van der Waals surface area (Å²) in [5.41, 5.74) is 2.75. The van der Waals surface area contributed by atoms with E-state index >= 15 is 0 Å². The summed E-state index contributed by atoms with van der Waals surface area (Å²) in [4.78, 5) is 14.5. The van der Waals surface area contributed by atoms with Crippen molar-refractivity contribution in [3.8, 4) is 5.75 Å². The lowest BCUT2D eigenvalue weighted by molar-refractivity contribution is -0.118. The van der Waals surface area contributed by atoms with Crippen molar-refractivity contribution in [2.45, 2.75) is 82.6 Å². The van der Waals surface area contributed by atoms with Crippen LogP contribution in [0.2, 0.25) is 0 Å². The summed E-state index contributed by atoms with van der Waals surface area (Å²) in [5, 5.41) is 0. The summed E-state index contributed by atoms with van der Waals surface area (Å²) in [7, 11) is -2.05. The molecule has 0 aromatic heterocycles. The second-order valence-corrected chi connectivity index (χ2v) is 13.3. The highest BCUT2D eigenvalue weighted by Gasteiger charge is 2.38. The Morgan fingerprint density at radius 2 is 1.87 bits per heavy atom. The largest absolute Gasteiger partial charge is 0.484 e. The molecule has 2 aromatic carbocycles. The highest BCUT2D eigenvalue weighted by atomic mass is 32.2. The van der Waals surface area contributed by atoms with Gasteiger partial charge in [0.15, 0.2) is 0 Å². The van der Waals surface area contributed by atoms with Gasteiger partial charge in [-0.1, -0.05) is 23.8 Å². The van der Waals surface area contributed by atoms with Crippen molar-refractivity contribution in [2.75, 3.05) is 38.3 Å². The van der Waals surface area contributed by atoms with Crippen LogP contribution in [-0.4, -0.2) is 69.6 Å². The van der Waals surface area contributed by atoms with Gasteiger partial charge in [0.1, 0.15) is 17.1 Å². The van der Waals surface area contributed by atoms with Gasteiger partial charge >= 0.3 is 0 Å². The molecule has 214 valence electrons. The molecule has 1 fully saturated rings. The molecular weight excluding hydrogens is 516 g/mol. The number of rotatable bonds is 11. The average Bonchev–Trinajstić information content (AvgIpc) is 2.87. The number of carbonyl (C=O) groups is 1. The van der Waals surface area contributed by atoms with Crippen molar-refractivity contribution in [1.29, 1.82) is 0 Å². The van der Waals surface area contributed by atoms with E-state index in [0.717, 1.165) is 42.1 Å². The maximum Gasteiger partial charge on any atom is 0.243 e. The number of Topliss-reactive ketones (excluding diaryl/α,β-unsaturated/α-hetero) is 1. The molecule has 39 heavy (non-hydrogen) atoms. The monoisotopic (exact) mass is 558 g/mol. The summed E-state index contributed by atoms with van der Waals surface area (Å²) in [6, 6.07) is 12.6. The Hall–Kier alpha value is -2.46. The third kappa shape index (κ3) is 7.39. The van der Waals surface area contributed by atoms with Gasteiger partial charge in [0, 0.05) is 39.3 Å². The van der Waals surface area contributed by atoms with Crippen molar-refractivity contribution in [3.05, 3.63) is 53.6 Å². The maximum absolute atomic E-state index is 13.6. The highest BCUT2D eigenvalue weighted by molar-refractivity contribution is 7.89. The molecule has 0 bridgehead atoms. The number of ketones is 1. The number of hydrogen-bond donors (Lipinski definition) is 0. The normalized spacial score (nSPS) is 21.3. The number of piperidine rings is 1. The molecule has 0 amide bonds. The second-order valence-electron chi connectivity index (χ2n) is 11.4. The van der Waals surface area contributed by atoms with E-state index in [1.165, 1.54) is 11.2 Å². The van der Waals surface area contributed by atoms with Gasteiger partial charge in [-0.25, -0.2) is 8.42 Å². The zero-order valence-electron chi connectivity index (χ0n) is 23.8. The maximum atomic E-state index is 13.6. The number of methoxy groups -OCH3 is 1. The predicted octanol–water partition coefficient (Wildman–Crippen LogP) is 4.73. The van der Waals surface area contributed by atoms with Crippen molar-refractivity contribution < 1.29 is 27.4 Å². The number of sulfonamides is 1. The van der Waals surface area contributed by atoms with Gasteiger partial charge in [-0.05, 0) is 76.8 Å². The molecule has 0 saturated carbocycles. The molecule has 2 aliphatic heterocycles. The first-order chi connectivity index (χ1) is 18.5. The summed E-state index contributed by atoms with van der Waals surface area (Å²) in [6.45, 7) is 10.5. The Morgan fingerprint density at radius 1 is 1.13 bits per heavy atom. The van der Waals surface area contributed by atoms with E-state index in [4.69, 9.17) is 14.2 Å². The number of fused-ring (bicyclic) bond motifs is 1. The molecule has 0 spiro atoms. The van der Waals surface area contributed by atoms with Crippen molar-refractivity contribution in [3.63, 3.8) is 0 Å². The topological polar surface area (TPSA) is 85.4 Å². The van der Waals surface area contributed by atoms with Crippen LogP contribution in [-0.2, 0) is 30.9 Å². The van der Waals surface area contributed by atoms with E-state index in [-0.39, 0.29) is 41.4 Å². The lowest BCUT2D eigenvalue weighted by Gasteiger charge is -2.41. The summed E-state index contributed by atoms with van der Waals surface area (Å²) in [5.74, 6) is 0.838. The fourth-order valence-electron chi connectivity index (χ4n) is 5.45. The zero-order valence-corrected chi connectivity index (χ0v) is 24.6. The molecule has 8 nitrogen and oxygen atoms in total. The van der Waals surface area contributed by atoms with Crippen molar-refractivity contribution in [2.24, 2.45) is 0 Å². The molecule has 2 atom stereocenters. The van der Waals surface area contributed by atoms with E-state index < -0.39 is 10.0 Å². The Bertz CT molecular complexity index is 1240. The van der Waals surface area contributed by atoms with E-state index in [0.29, 0.717) is 26.1 Å². The third-order valence-electron chi connectivity index (χ3n) is 7.35. The van der Waals surface area contributed by atoms with Crippen LogP contribution >= 0.6 is 0 Å². The Balaban J connectivity index is 1.48. The van der Waals surface area contributed by atoms with Crippen LogP contribution in [0.3, 0.4) is 0 Å². The molecule has 0 aliphatic carbocycles. The lowest BCUT2D eigenvalue weighted by atomic mass is 9.98. The van der Waals surface area contributed by atoms with Crippen LogP contribution in [0.15, 0.2) is 47.4 Å². The van der Waals surface area contributed by atoms with E-state index in [1.807, 2.05) is 19.1 Å². The number of hydrogen-bond acceptors (Lipinski definition) is 7. The molecule has 2 aliphatic rings. The van der Waals surface area contributed by atoms with Crippen LogP contribution in [0.25, 0.3) is 0 Å². The van der Waals surface area contributed by atoms with E-state index in [2.05, 4.69) is 24.8 Å². The Kier molecular flexibility index (Phi) is 9.37. The smallest absolute Gasteiger partial charge is 0.243 e. The fourth-order valence-corrected chi connectivity index (χ4v) is 7.14. The predicted molar refractivity (Wildman–Crippen MR) is 152 cm³/mol. The van der Waals surface area contributed by atoms with Gasteiger partial charge in [-0.3, -0.25) is 4.79 Å². The number of carbonyl (C=O) groups excluding carboxylic acids is 1. The molecule has 0 unspecified atom stereocenters. The number of benzene rings is 2. The minimum atomic E-state index is -3.76. The molecule has 0 N–H and O–H groups in total. The Labute approximate surface area is 233 Å². The van der Waals surface area contributed by atoms with Crippen LogP contribution in [0.1, 0.15) is 57.6 Å². The first-order valence-corrected chi connectivity index (χ1v) is 15.2. The van der Waals surface area contributed by atoms with Gasteiger partial charge in [-0.2, -0.15) is 4.31 Å². The minimum Gasteiger partial charge on any atom is -0.484 e. The second kappa shape index (κ2) is 12.4. The summed E-state index contributed by atoms with van der Waals surface area (Å²) < 4.78 is 46.5. The van der Waals surface area contributed by atoms with Gasteiger partial charge in [0.25, 0.3) is 0 Å². The SMILES string of the molecule is COCCCN1CC(C)(C)Oc2ccc(CO[C@@H]3CC[C@@H](CC(C)=O)N(S(=O)(=O)c4ccc(C)cc4)C3)cc21. The lowest BCUT2D eigenvalue weighted by Crippen LogP contribution is -2.49. The number of nitrogens with zero attached hydrogens (tertiary/aromatic N) is 2. The highest BCUT2D eigenvalue weighted by Crippen LogP contribution is 2.38. The molecule has 0 radical (unpaired) electrons. The molecular formula is C30H42N2O6S. The van der Waals surface area contributed by atoms with Gasteiger partial charge in [0.05, 0.1) is 29.8 Å². The first kappa shape index (κ1) is 29.5. The van der Waals surface area contributed by atoms with Crippen molar-refractivity contribution >= 4 is 21.5 Å². The van der Waals surface area contributed by atoms with Crippen LogP contribution in [0.4, 0.5) is 5.69 Å². The Morgan fingerprint density at radius 3 is 2.56 bits per heavy atom. The molecule has 9 heteroatoms. The van der Waals surface area contributed by atoms with E-state index in [9.17, 15) is 13.2 Å². The number of ether oxygens (including phenoxy) is 3. The summed E-state index contributed by atoms with van der Waals surface area (Å²) >= 11 is 0. The summed E-state index contributed by atoms with van der Waals surface area (Å²) in [6.07, 6.45) is 2.13. The quantitative estimate of drug-likeness (QED) is 0.369. The van der Waals surface area contributed by atoms with Crippen LogP contribution < -0.4 is 9.64 Å². The van der Waals surface area contributed by atoms with Crippen molar-refractivity contribution in [1.82, 2.24) is 4.31 Å². The third-order valence-corrected chi connectivity index (χ3v) is 9.28. The standard InChI is InChI=1S/C30H42N2O6S/c1-22-7-12-27(13-8-22)39(34,35)32-19-26(11-10-25(32)17-23(2)33)37-20-24-9-14-29-28(18-24)31(15-6-16-36-5)21-30(3,4)38-29/h7-9,12-14,18,25-26H,6,10-11,15-17,19-21H2,1-5H3/t25-,26+/m0/s1. The van der Waals surface area contributed by atoms with Gasteiger partial charge < -0.3 is 19.1 Å². The van der Waals surface area contributed by atoms with Gasteiger partial charge in [-0.15, -0.1) is 0 Å².